The van der Waals surface area contributed by atoms with Crippen LogP contribution in [0.1, 0.15) is 12.0 Å². The first-order valence-corrected chi connectivity index (χ1v) is 10.1. The van der Waals surface area contributed by atoms with Gasteiger partial charge >= 0.3 is 0 Å². The highest BCUT2D eigenvalue weighted by Crippen LogP contribution is 2.37. The second-order valence-corrected chi connectivity index (χ2v) is 7.92. The normalized spacial score (nSPS) is 23.1. The number of aliphatic hydroxyl groups is 1. The van der Waals surface area contributed by atoms with E-state index in [1.807, 2.05) is 11.0 Å². The van der Waals surface area contributed by atoms with Gasteiger partial charge in [-0.3, -0.25) is 4.90 Å². The van der Waals surface area contributed by atoms with Crippen molar-refractivity contribution in [1.29, 1.82) is 0 Å². The Hall–Kier alpha value is -2.52. The number of rotatable bonds is 4. The molecule has 2 aromatic rings. The Morgan fingerprint density at radius 3 is 2.67 bits per heavy atom. The van der Waals surface area contributed by atoms with Gasteiger partial charge in [0.1, 0.15) is 17.8 Å². The van der Waals surface area contributed by atoms with E-state index >= 15 is 0 Å². The van der Waals surface area contributed by atoms with Gasteiger partial charge in [-0.1, -0.05) is 35.9 Å². The zero-order chi connectivity index (χ0) is 21.3. The fourth-order valence-electron chi connectivity index (χ4n) is 3.79. The third kappa shape index (κ3) is 3.91. The van der Waals surface area contributed by atoms with Crippen LogP contribution in [0.25, 0.3) is 5.57 Å². The number of allylic oxidation sites excluding steroid dienone is 2. The number of nitrogen functional groups attached to an aromatic ring is 1. The lowest BCUT2D eigenvalue weighted by Crippen LogP contribution is -2.58. The highest BCUT2D eigenvalue weighted by Gasteiger charge is 2.41. The molecule has 7 nitrogen and oxygen atoms in total. The van der Waals surface area contributed by atoms with Gasteiger partial charge in [0.15, 0.2) is 16.7 Å². The summed E-state index contributed by atoms with van der Waals surface area (Å²) in [6.07, 6.45) is 5.19. The van der Waals surface area contributed by atoms with E-state index in [4.69, 9.17) is 17.3 Å². The molecule has 0 radical (unpaired) electrons. The maximum absolute atomic E-state index is 14.4. The molecule has 2 aliphatic rings. The summed E-state index contributed by atoms with van der Waals surface area (Å²) in [4.78, 5) is 12.3. The van der Waals surface area contributed by atoms with Crippen LogP contribution in [0.3, 0.4) is 0 Å². The van der Waals surface area contributed by atoms with E-state index in [1.54, 1.807) is 24.3 Å². The van der Waals surface area contributed by atoms with Crippen LogP contribution < -0.4 is 11.1 Å². The Morgan fingerprint density at radius 1 is 1.20 bits per heavy atom. The van der Waals surface area contributed by atoms with Crippen molar-refractivity contribution in [2.24, 2.45) is 0 Å². The number of hydrogen-bond acceptors (Lipinski definition) is 7. The van der Waals surface area contributed by atoms with Crippen LogP contribution in [0.4, 0.5) is 15.9 Å². The molecule has 1 fully saturated rings. The standard InChI is InChI=1S/C21H24ClFN6O/c1-28-8-10-29(11-9-28)21(30)7-6-14(15-4-2-3-5-16(15)23)12-17(21)27-20-18(24)19(22)25-13-26-20/h2-6,12-13,30H,7-11,24H2,1H3,(H,25,26,27). The number of nitrogens with two attached hydrogens (primary N) is 1. The topological polar surface area (TPSA) is 90.5 Å². The van der Waals surface area contributed by atoms with Crippen LogP contribution in [-0.2, 0) is 0 Å². The monoisotopic (exact) mass is 430 g/mol. The molecule has 1 saturated heterocycles. The average molecular weight is 431 g/mol. The minimum absolute atomic E-state index is 0.122. The van der Waals surface area contributed by atoms with Gasteiger partial charge in [-0.2, -0.15) is 0 Å². The molecule has 158 valence electrons. The van der Waals surface area contributed by atoms with Gasteiger partial charge in [-0.15, -0.1) is 0 Å². The van der Waals surface area contributed by atoms with Crippen molar-refractivity contribution >= 4 is 28.7 Å². The summed E-state index contributed by atoms with van der Waals surface area (Å²) in [7, 11) is 2.05. The van der Waals surface area contributed by atoms with E-state index in [0.717, 1.165) is 13.1 Å². The summed E-state index contributed by atoms with van der Waals surface area (Å²) >= 11 is 6.04. The smallest absolute Gasteiger partial charge is 0.163 e. The number of piperazine rings is 1. The van der Waals surface area contributed by atoms with Crippen LogP contribution in [0.2, 0.25) is 5.15 Å². The first kappa shape index (κ1) is 20.7. The summed E-state index contributed by atoms with van der Waals surface area (Å²) < 4.78 is 14.4. The summed E-state index contributed by atoms with van der Waals surface area (Å²) in [6, 6.07) is 6.56. The predicted molar refractivity (Wildman–Crippen MR) is 116 cm³/mol. The molecule has 1 unspecified atom stereocenters. The molecule has 0 saturated carbocycles. The number of anilines is 2. The third-order valence-electron chi connectivity index (χ3n) is 5.64. The van der Waals surface area contributed by atoms with Crippen molar-refractivity contribution < 1.29 is 9.50 Å². The number of aromatic nitrogens is 2. The molecular weight excluding hydrogens is 407 g/mol. The quantitative estimate of drug-likeness (QED) is 0.642. The van der Waals surface area contributed by atoms with E-state index in [9.17, 15) is 9.50 Å². The first-order chi connectivity index (χ1) is 14.4. The van der Waals surface area contributed by atoms with Gasteiger partial charge in [0.2, 0.25) is 0 Å². The molecule has 30 heavy (non-hydrogen) atoms. The molecule has 4 N–H and O–H groups in total. The Balaban J connectivity index is 1.73. The fourth-order valence-corrected chi connectivity index (χ4v) is 3.92. The maximum Gasteiger partial charge on any atom is 0.163 e. The van der Waals surface area contributed by atoms with Gasteiger partial charge in [-0.25, -0.2) is 14.4 Å². The minimum Gasteiger partial charge on any atom is -0.393 e. The number of nitrogens with zero attached hydrogens (tertiary/aromatic N) is 4. The lowest BCUT2D eigenvalue weighted by atomic mass is 9.90. The van der Waals surface area contributed by atoms with E-state index in [-0.39, 0.29) is 23.1 Å². The van der Waals surface area contributed by atoms with Gasteiger partial charge in [0, 0.05) is 38.2 Å². The Kier molecular flexibility index (Phi) is 5.75. The van der Waals surface area contributed by atoms with E-state index in [0.29, 0.717) is 35.7 Å². The lowest BCUT2D eigenvalue weighted by Gasteiger charge is -2.46. The molecule has 0 spiro atoms. The number of benzene rings is 1. The highest BCUT2D eigenvalue weighted by molar-refractivity contribution is 6.32. The minimum atomic E-state index is -1.31. The molecule has 0 amide bonds. The summed E-state index contributed by atoms with van der Waals surface area (Å²) in [5, 5.41) is 15.0. The summed E-state index contributed by atoms with van der Waals surface area (Å²) in [5.41, 5.74) is 6.51. The van der Waals surface area contributed by atoms with Crippen molar-refractivity contribution in [1.82, 2.24) is 19.8 Å². The van der Waals surface area contributed by atoms with Crippen molar-refractivity contribution in [3.8, 4) is 0 Å². The summed E-state index contributed by atoms with van der Waals surface area (Å²) in [6.45, 7) is 3.05. The third-order valence-corrected chi connectivity index (χ3v) is 5.94. The number of hydrogen-bond donors (Lipinski definition) is 3. The van der Waals surface area contributed by atoms with Gasteiger partial charge in [0.25, 0.3) is 0 Å². The number of nitrogens with one attached hydrogen (secondary N) is 1. The van der Waals surface area contributed by atoms with Crippen LogP contribution in [0, 0.1) is 5.82 Å². The largest absolute Gasteiger partial charge is 0.393 e. The van der Waals surface area contributed by atoms with Gasteiger partial charge < -0.3 is 21.1 Å². The molecule has 9 heteroatoms. The predicted octanol–water partition coefficient (Wildman–Crippen LogP) is 2.57. The Morgan fingerprint density at radius 2 is 1.93 bits per heavy atom. The van der Waals surface area contributed by atoms with Crippen molar-refractivity contribution in [2.45, 2.75) is 12.1 Å². The zero-order valence-electron chi connectivity index (χ0n) is 16.6. The van der Waals surface area contributed by atoms with E-state index in [2.05, 4.69) is 27.2 Å². The van der Waals surface area contributed by atoms with Crippen LogP contribution in [0.15, 0.2) is 48.4 Å². The molecule has 4 rings (SSSR count). The van der Waals surface area contributed by atoms with Crippen LogP contribution in [-0.4, -0.2) is 63.8 Å². The van der Waals surface area contributed by atoms with Crippen LogP contribution >= 0.6 is 11.6 Å². The van der Waals surface area contributed by atoms with Crippen molar-refractivity contribution in [3.05, 3.63) is 65.0 Å². The number of likely N-dealkylation sites (N-methyl/N-ethyl adjacent to an activating group) is 1. The van der Waals surface area contributed by atoms with E-state index < -0.39 is 5.72 Å². The van der Waals surface area contributed by atoms with Gasteiger partial charge in [-0.05, 0) is 24.8 Å². The lowest BCUT2D eigenvalue weighted by molar-refractivity contribution is -0.0911. The van der Waals surface area contributed by atoms with Crippen molar-refractivity contribution in [3.63, 3.8) is 0 Å². The Labute approximate surface area is 179 Å². The fraction of sp³-hybridized carbons (Fsp3) is 0.333. The van der Waals surface area contributed by atoms with Gasteiger partial charge in [0.05, 0.1) is 5.70 Å². The molecule has 1 aliphatic carbocycles. The highest BCUT2D eigenvalue weighted by atomic mass is 35.5. The number of halogens is 2. The second-order valence-electron chi connectivity index (χ2n) is 7.56. The molecule has 0 bridgehead atoms. The zero-order valence-corrected chi connectivity index (χ0v) is 17.4. The van der Waals surface area contributed by atoms with Crippen molar-refractivity contribution in [2.75, 3.05) is 44.3 Å². The van der Waals surface area contributed by atoms with E-state index in [1.165, 1.54) is 12.4 Å². The Bertz CT molecular complexity index is 1000. The second kappa shape index (κ2) is 8.31. The maximum atomic E-state index is 14.4. The van der Waals surface area contributed by atoms with Crippen LogP contribution in [0.5, 0.6) is 0 Å². The molecule has 1 aromatic carbocycles. The molecular formula is C21H24ClFN6O. The molecule has 2 heterocycles. The summed E-state index contributed by atoms with van der Waals surface area (Å²) in [5.74, 6) is -0.0300. The molecule has 1 aliphatic heterocycles. The molecule has 1 atom stereocenters. The SMILES string of the molecule is CN1CCN(C2(O)CC=C(c3ccccc3F)C=C2Nc2ncnc(Cl)c2N)CC1. The molecule has 1 aromatic heterocycles. The average Bonchev–Trinajstić information content (AvgIpc) is 2.74. The first-order valence-electron chi connectivity index (χ1n) is 9.74.